The molecule has 3 nitrogen and oxygen atoms in total. The molecule has 0 heterocycles. The van der Waals surface area contributed by atoms with Gasteiger partial charge in [-0.3, -0.25) is 0 Å². The van der Waals surface area contributed by atoms with Crippen LogP contribution in [0.4, 0.5) is 0 Å². The van der Waals surface area contributed by atoms with Crippen LogP contribution in [0.1, 0.15) is 36.6 Å². The lowest BCUT2D eigenvalue weighted by molar-refractivity contribution is 0.221. The monoisotopic (exact) mass is 296 g/mol. The van der Waals surface area contributed by atoms with E-state index in [-0.39, 0.29) is 6.10 Å². The van der Waals surface area contributed by atoms with Crippen LogP contribution in [-0.2, 0) is 0 Å². The summed E-state index contributed by atoms with van der Waals surface area (Å²) in [5.41, 5.74) is 3.82. The van der Waals surface area contributed by atoms with Crippen molar-refractivity contribution in [3.05, 3.63) is 65.2 Å². The van der Waals surface area contributed by atoms with Crippen molar-refractivity contribution in [2.45, 2.75) is 26.1 Å². The molecule has 0 radical (unpaired) electrons. The zero-order chi connectivity index (χ0) is 15.7. The highest BCUT2D eigenvalue weighted by Gasteiger charge is 2.29. The van der Waals surface area contributed by atoms with Gasteiger partial charge in [-0.15, -0.1) is 0 Å². The Morgan fingerprint density at radius 1 is 1.05 bits per heavy atom. The molecule has 2 aromatic rings. The first kappa shape index (κ1) is 14.7. The maximum atomic E-state index is 10.4. The van der Waals surface area contributed by atoms with E-state index in [9.17, 15) is 5.11 Å². The number of fused-ring (bicyclic) bond motifs is 1. The number of hydrogen-bond acceptors (Lipinski definition) is 3. The smallest absolute Gasteiger partial charge is 0.169 e. The van der Waals surface area contributed by atoms with Gasteiger partial charge in [-0.25, -0.2) is 0 Å². The summed E-state index contributed by atoms with van der Waals surface area (Å²) in [6.45, 7) is 3.96. The van der Waals surface area contributed by atoms with Gasteiger partial charge in [0, 0.05) is 5.56 Å². The van der Waals surface area contributed by atoms with Crippen LogP contribution in [0.15, 0.2) is 48.5 Å². The summed E-state index contributed by atoms with van der Waals surface area (Å²) in [6.07, 6.45) is 1.27. The van der Waals surface area contributed by atoms with Crippen LogP contribution in [0.5, 0.6) is 11.5 Å². The highest BCUT2D eigenvalue weighted by atomic mass is 16.5. The Hall–Kier alpha value is -2.26. The normalized spacial score (nSPS) is 16.4. The van der Waals surface area contributed by atoms with Crippen LogP contribution in [0.25, 0.3) is 5.57 Å². The van der Waals surface area contributed by atoms with Crippen molar-refractivity contribution in [1.29, 1.82) is 0 Å². The average molecular weight is 296 g/mol. The van der Waals surface area contributed by atoms with Gasteiger partial charge in [-0.05, 0) is 42.7 Å². The van der Waals surface area contributed by atoms with Gasteiger partial charge in [0.2, 0.25) is 0 Å². The van der Waals surface area contributed by atoms with E-state index >= 15 is 0 Å². The van der Waals surface area contributed by atoms with Crippen molar-refractivity contribution < 1.29 is 14.6 Å². The van der Waals surface area contributed by atoms with E-state index in [1.807, 2.05) is 62.4 Å². The molecule has 0 spiro atoms. The van der Waals surface area contributed by atoms with Crippen molar-refractivity contribution in [3.8, 4) is 11.5 Å². The minimum absolute atomic E-state index is 0.0233. The molecule has 1 aliphatic carbocycles. The van der Waals surface area contributed by atoms with E-state index in [0.29, 0.717) is 11.5 Å². The van der Waals surface area contributed by atoms with E-state index in [2.05, 4.69) is 0 Å². The van der Waals surface area contributed by atoms with Crippen LogP contribution in [0, 0.1) is 0 Å². The van der Waals surface area contributed by atoms with Crippen LogP contribution in [0.2, 0.25) is 0 Å². The molecule has 1 atom stereocenters. The minimum Gasteiger partial charge on any atom is -0.493 e. The first-order chi connectivity index (χ1) is 10.6. The summed E-state index contributed by atoms with van der Waals surface area (Å²) >= 11 is 0. The number of benzene rings is 2. The lowest BCUT2D eigenvalue weighted by Gasteiger charge is -2.19. The zero-order valence-corrected chi connectivity index (χ0v) is 13.0. The van der Waals surface area contributed by atoms with E-state index in [4.69, 9.17) is 9.47 Å². The lowest BCUT2D eigenvalue weighted by Crippen LogP contribution is -2.09. The van der Waals surface area contributed by atoms with Gasteiger partial charge in [0.1, 0.15) is 0 Å². The first-order valence-electron chi connectivity index (χ1n) is 7.45. The molecule has 2 aromatic carbocycles. The van der Waals surface area contributed by atoms with Crippen molar-refractivity contribution in [1.82, 2.24) is 0 Å². The van der Waals surface area contributed by atoms with Crippen molar-refractivity contribution in [2.75, 3.05) is 7.11 Å². The lowest BCUT2D eigenvalue weighted by atomic mass is 9.97. The molecular formula is C19H20O3. The van der Waals surface area contributed by atoms with E-state index in [1.54, 1.807) is 7.11 Å². The van der Waals surface area contributed by atoms with Gasteiger partial charge in [0.25, 0.3) is 0 Å². The van der Waals surface area contributed by atoms with Gasteiger partial charge in [-0.2, -0.15) is 0 Å². The van der Waals surface area contributed by atoms with E-state index in [1.165, 1.54) is 0 Å². The summed E-state index contributed by atoms with van der Waals surface area (Å²) < 4.78 is 11.5. The fourth-order valence-corrected chi connectivity index (χ4v) is 2.81. The van der Waals surface area contributed by atoms with Crippen LogP contribution in [-0.4, -0.2) is 18.3 Å². The van der Waals surface area contributed by atoms with Crippen LogP contribution in [0.3, 0.4) is 0 Å². The molecule has 1 aliphatic rings. The number of hydrogen-bond donors (Lipinski definition) is 1. The minimum atomic E-state index is -0.620. The topological polar surface area (TPSA) is 38.7 Å². The molecule has 0 saturated heterocycles. The maximum absolute atomic E-state index is 10.4. The summed E-state index contributed by atoms with van der Waals surface area (Å²) in [5, 5.41) is 10.4. The zero-order valence-electron chi connectivity index (χ0n) is 13.0. The molecule has 0 aromatic heterocycles. The third kappa shape index (κ3) is 2.48. The average Bonchev–Trinajstić information content (AvgIpc) is 2.86. The third-order valence-electron chi connectivity index (χ3n) is 3.72. The fraction of sp³-hybridized carbons (Fsp3) is 0.263. The molecule has 0 bridgehead atoms. The highest BCUT2D eigenvalue weighted by Crippen LogP contribution is 2.47. The molecule has 22 heavy (non-hydrogen) atoms. The Kier molecular flexibility index (Phi) is 3.90. The van der Waals surface area contributed by atoms with Crippen LogP contribution >= 0.6 is 0 Å². The van der Waals surface area contributed by atoms with Gasteiger partial charge < -0.3 is 14.6 Å². The van der Waals surface area contributed by atoms with Gasteiger partial charge in [0.15, 0.2) is 11.5 Å². The predicted molar refractivity (Wildman–Crippen MR) is 87.2 cm³/mol. The Labute approximate surface area is 130 Å². The molecule has 3 rings (SSSR count). The number of aliphatic hydroxyl groups is 1. The maximum Gasteiger partial charge on any atom is 0.169 e. The molecule has 0 saturated carbocycles. The van der Waals surface area contributed by atoms with E-state index in [0.717, 1.165) is 22.3 Å². The molecule has 1 N–H and O–H groups in total. The molecule has 0 aliphatic heterocycles. The highest BCUT2D eigenvalue weighted by molar-refractivity contribution is 5.89. The van der Waals surface area contributed by atoms with E-state index < -0.39 is 6.10 Å². The number of aliphatic hydroxyl groups excluding tert-OH is 1. The SMILES string of the molecule is COc1ccc2c(c1OC(C)C)C(c1ccccc1)=CC2O. The van der Waals surface area contributed by atoms with Crippen molar-refractivity contribution in [3.63, 3.8) is 0 Å². The number of ether oxygens (including phenoxy) is 2. The Bertz CT molecular complexity index is 702. The van der Waals surface area contributed by atoms with Crippen LogP contribution < -0.4 is 9.47 Å². The number of rotatable bonds is 4. The largest absolute Gasteiger partial charge is 0.493 e. The summed E-state index contributed by atoms with van der Waals surface area (Å²) in [5.74, 6) is 1.38. The Morgan fingerprint density at radius 2 is 1.77 bits per heavy atom. The van der Waals surface area contributed by atoms with Gasteiger partial charge in [-0.1, -0.05) is 36.4 Å². The summed E-state index contributed by atoms with van der Waals surface area (Å²) in [7, 11) is 1.63. The van der Waals surface area contributed by atoms with Gasteiger partial charge >= 0.3 is 0 Å². The van der Waals surface area contributed by atoms with Gasteiger partial charge in [0.05, 0.1) is 19.3 Å². The predicted octanol–water partition coefficient (Wildman–Crippen LogP) is 3.96. The molecule has 0 amide bonds. The summed E-state index contributed by atoms with van der Waals surface area (Å²) in [6, 6.07) is 13.8. The fourth-order valence-electron chi connectivity index (χ4n) is 2.81. The Morgan fingerprint density at radius 3 is 2.41 bits per heavy atom. The van der Waals surface area contributed by atoms with Crippen molar-refractivity contribution >= 4 is 5.57 Å². The molecule has 1 unspecified atom stereocenters. The summed E-state index contributed by atoms with van der Waals surface area (Å²) in [4.78, 5) is 0. The Balaban J connectivity index is 2.20. The quantitative estimate of drug-likeness (QED) is 0.928. The van der Waals surface area contributed by atoms with Crippen molar-refractivity contribution in [2.24, 2.45) is 0 Å². The molecule has 0 fully saturated rings. The second-order valence-electron chi connectivity index (χ2n) is 5.62. The molecule has 114 valence electrons. The molecular weight excluding hydrogens is 276 g/mol. The first-order valence-corrected chi connectivity index (χ1v) is 7.45. The number of methoxy groups -OCH3 is 1. The third-order valence-corrected chi connectivity index (χ3v) is 3.72. The molecule has 3 heteroatoms. The standard InChI is InChI=1S/C19H20O3/c1-12(2)22-19-17(21-3)10-9-14-16(20)11-15(18(14)19)13-7-5-4-6-8-13/h4-12,16,20H,1-3H3. The second-order valence-corrected chi connectivity index (χ2v) is 5.62. The second kappa shape index (κ2) is 5.85.